The number of halogens is 1. The quantitative estimate of drug-likeness (QED) is 0.927. The van der Waals surface area contributed by atoms with Crippen LogP contribution < -0.4 is 0 Å². The van der Waals surface area contributed by atoms with Crippen LogP contribution in [0.2, 0.25) is 5.02 Å². The van der Waals surface area contributed by atoms with E-state index in [1.165, 1.54) is 0 Å². The molecule has 1 unspecified atom stereocenters. The molecule has 0 aliphatic rings. The van der Waals surface area contributed by atoms with Crippen LogP contribution in [0, 0.1) is 13.8 Å². The third-order valence-corrected chi connectivity index (χ3v) is 3.51. The van der Waals surface area contributed by atoms with Crippen molar-refractivity contribution in [3.8, 4) is 0 Å². The molecular formula is C13H16ClN3O. The molecule has 96 valence electrons. The number of aliphatic hydroxyl groups excluding tert-OH is 1. The van der Waals surface area contributed by atoms with Gasteiger partial charge in [-0.1, -0.05) is 17.7 Å². The molecule has 0 saturated carbocycles. The zero-order valence-electron chi connectivity index (χ0n) is 10.7. The van der Waals surface area contributed by atoms with E-state index in [4.69, 9.17) is 11.6 Å². The van der Waals surface area contributed by atoms with Crippen molar-refractivity contribution in [2.75, 3.05) is 0 Å². The molecule has 2 rings (SSSR count). The van der Waals surface area contributed by atoms with E-state index in [1.54, 1.807) is 10.9 Å². The molecule has 0 aliphatic carbocycles. The molecule has 0 aliphatic heterocycles. The first-order valence-electron chi connectivity index (χ1n) is 5.78. The third kappa shape index (κ3) is 2.40. The SMILES string of the molecule is Cc1cccnc1C(O)Cc1c(Cl)c(C)nn1C. The average molecular weight is 266 g/mol. The molecule has 2 aromatic rings. The van der Waals surface area contributed by atoms with Gasteiger partial charge in [0.25, 0.3) is 0 Å². The molecule has 4 nitrogen and oxygen atoms in total. The van der Waals surface area contributed by atoms with Crippen LogP contribution in [0.15, 0.2) is 18.3 Å². The summed E-state index contributed by atoms with van der Waals surface area (Å²) in [6.07, 6.45) is 1.42. The van der Waals surface area contributed by atoms with Crippen LogP contribution in [-0.2, 0) is 13.5 Å². The van der Waals surface area contributed by atoms with Gasteiger partial charge in [0, 0.05) is 19.7 Å². The fourth-order valence-electron chi connectivity index (χ4n) is 2.03. The van der Waals surface area contributed by atoms with Gasteiger partial charge in [-0.25, -0.2) is 0 Å². The van der Waals surface area contributed by atoms with E-state index in [2.05, 4.69) is 10.1 Å². The molecule has 0 spiro atoms. The fraction of sp³-hybridized carbons (Fsp3) is 0.385. The predicted octanol–water partition coefficient (Wildman–Crippen LogP) is 2.36. The van der Waals surface area contributed by atoms with Gasteiger partial charge in [-0.2, -0.15) is 5.10 Å². The van der Waals surface area contributed by atoms with Gasteiger partial charge in [-0.15, -0.1) is 0 Å². The lowest BCUT2D eigenvalue weighted by atomic mass is 10.1. The van der Waals surface area contributed by atoms with Crippen LogP contribution in [0.3, 0.4) is 0 Å². The Balaban J connectivity index is 2.27. The van der Waals surface area contributed by atoms with Gasteiger partial charge >= 0.3 is 0 Å². The van der Waals surface area contributed by atoms with Crippen molar-refractivity contribution >= 4 is 11.6 Å². The highest BCUT2D eigenvalue weighted by atomic mass is 35.5. The van der Waals surface area contributed by atoms with E-state index in [1.807, 2.05) is 33.0 Å². The maximum absolute atomic E-state index is 10.3. The van der Waals surface area contributed by atoms with Gasteiger partial charge in [0.15, 0.2) is 0 Å². The number of aromatic nitrogens is 3. The Morgan fingerprint density at radius 1 is 1.44 bits per heavy atom. The summed E-state index contributed by atoms with van der Waals surface area (Å²) in [5, 5.41) is 15.1. The molecular weight excluding hydrogens is 250 g/mol. The lowest BCUT2D eigenvalue weighted by Gasteiger charge is -2.12. The normalized spacial score (nSPS) is 12.7. The van der Waals surface area contributed by atoms with E-state index in [0.29, 0.717) is 17.1 Å². The van der Waals surface area contributed by atoms with E-state index in [-0.39, 0.29) is 0 Å². The second kappa shape index (κ2) is 5.08. The van der Waals surface area contributed by atoms with Crippen molar-refractivity contribution in [3.63, 3.8) is 0 Å². The zero-order valence-corrected chi connectivity index (χ0v) is 11.4. The van der Waals surface area contributed by atoms with E-state index in [9.17, 15) is 5.11 Å². The summed E-state index contributed by atoms with van der Waals surface area (Å²) in [7, 11) is 1.83. The molecule has 0 bridgehead atoms. The van der Waals surface area contributed by atoms with Crippen molar-refractivity contribution in [2.24, 2.45) is 7.05 Å². The van der Waals surface area contributed by atoms with Gasteiger partial charge in [-0.05, 0) is 25.5 Å². The summed E-state index contributed by atoms with van der Waals surface area (Å²) >= 11 is 6.17. The minimum Gasteiger partial charge on any atom is -0.386 e. The predicted molar refractivity (Wildman–Crippen MR) is 70.6 cm³/mol. The second-order valence-electron chi connectivity index (χ2n) is 4.40. The van der Waals surface area contributed by atoms with Crippen molar-refractivity contribution in [2.45, 2.75) is 26.4 Å². The smallest absolute Gasteiger partial charge is 0.102 e. The summed E-state index contributed by atoms with van der Waals surface area (Å²) in [6.45, 7) is 3.78. The maximum Gasteiger partial charge on any atom is 0.102 e. The number of hydrogen-bond donors (Lipinski definition) is 1. The van der Waals surface area contributed by atoms with Crippen molar-refractivity contribution < 1.29 is 5.11 Å². The fourth-order valence-corrected chi connectivity index (χ4v) is 2.27. The van der Waals surface area contributed by atoms with Crippen LogP contribution in [-0.4, -0.2) is 19.9 Å². The molecule has 5 heteroatoms. The minimum atomic E-state index is -0.668. The Kier molecular flexibility index (Phi) is 3.68. The highest BCUT2D eigenvalue weighted by Crippen LogP contribution is 2.25. The number of aliphatic hydroxyl groups is 1. The Morgan fingerprint density at radius 2 is 2.17 bits per heavy atom. The number of nitrogens with zero attached hydrogens (tertiary/aromatic N) is 3. The molecule has 0 amide bonds. The van der Waals surface area contributed by atoms with Gasteiger partial charge in [0.2, 0.25) is 0 Å². The maximum atomic E-state index is 10.3. The first kappa shape index (κ1) is 13.1. The Hall–Kier alpha value is -1.39. The molecule has 1 N–H and O–H groups in total. The number of rotatable bonds is 3. The van der Waals surface area contributed by atoms with Crippen LogP contribution >= 0.6 is 11.6 Å². The zero-order chi connectivity index (χ0) is 13.3. The molecule has 0 saturated heterocycles. The number of hydrogen-bond acceptors (Lipinski definition) is 3. The molecule has 18 heavy (non-hydrogen) atoms. The monoisotopic (exact) mass is 265 g/mol. The van der Waals surface area contributed by atoms with E-state index >= 15 is 0 Å². The lowest BCUT2D eigenvalue weighted by molar-refractivity contribution is 0.170. The Labute approximate surface area is 111 Å². The lowest BCUT2D eigenvalue weighted by Crippen LogP contribution is -2.09. The third-order valence-electron chi connectivity index (χ3n) is 3.01. The molecule has 2 aromatic heterocycles. The van der Waals surface area contributed by atoms with Crippen molar-refractivity contribution in [3.05, 3.63) is 46.0 Å². The van der Waals surface area contributed by atoms with E-state index in [0.717, 1.165) is 17.0 Å². The summed E-state index contributed by atoms with van der Waals surface area (Å²) < 4.78 is 1.71. The van der Waals surface area contributed by atoms with Crippen LogP contribution in [0.5, 0.6) is 0 Å². The molecule has 0 aromatic carbocycles. The first-order valence-corrected chi connectivity index (χ1v) is 6.16. The van der Waals surface area contributed by atoms with Crippen molar-refractivity contribution in [1.82, 2.24) is 14.8 Å². The van der Waals surface area contributed by atoms with Gasteiger partial charge in [-0.3, -0.25) is 9.67 Å². The minimum absolute atomic E-state index is 0.411. The first-order chi connectivity index (χ1) is 8.50. The van der Waals surface area contributed by atoms with Crippen LogP contribution in [0.4, 0.5) is 0 Å². The summed E-state index contributed by atoms with van der Waals surface area (Å²) in [5.41, 5.74) is 3.26. The van der Waals surface area contributed by atoms with Crippen LogP contribution in [0.25, 0.3) is 0 Å². The number of aryl methyl sites for hydroxylation is 3. The standard InChI is InChI=1S/C13H16ClN3O/c1-8-5-4-6-15-13(8)11(18)7-10-12(14)9(2)16-17(10)3/h4-6,11,18H,7H2,1-3H3. The Morgan fingerprint density at radius 3 is 2.72 bits per heavy atom. The highest BCUT2D eigenvalue weighted by Gasteiger charge is 2.18. The number of pyridine rings is 1. The van der Waals surface area contributed by atoms with Gasteiger partial charge < -0.3 is 5.11 Å². The highest BCUT2D eigenvalue weighted by molar-refractivity contribution is 6.31. The molecule has 0 fully saturated rings. The van der Waals surface area contributed by atoms with E-state index < -0.39 is 6.10 Å². The summed E-state index contributed by atoms with van der Waals surface area (Å²) in [4.78, 5) is 4.22. The second-order valence-corrected chi connectivity index (χ2v) is 4.77. The molecule has 2 heterocycles. The topological polar surface area (TPSA) is 50.9 Å². The van der Waals surface area contributed by atoms with Crippen molar-refractivity contribution in [1.29, 1.82) is 0 Å². The summed E-state index contributed by atoms with van der Waals surface area (Å²) in [5.74, 6) is 0. The van der Waals surface area contributed by atoms with Gasteiger partial charge in [0.1, 0.15) is 6.10 Å². The Bertz CT molecular complexity index is 565. The largest absolute Gasteiger partial charge is 0.386 e. The average Bonchev–Trinajstić information content (AvgIpc) is 2.56. The summed E-state index contributed by atoms with van der Waals surface area (Å²) in [6, 6.07) is 3.79. The van der Waals surface area contributed by atoms with Gasteiger partial charge in [0.05, 0.1) is 22.1 Å². The van der Waals surface area contributed by atoms with Crippen LogP contribution in [0.1, 0.15) is 28.7 Å². The molecule has 1 atom stereocenters. The molecule has 0 radical (unpaired) electrons.